The van der Waals surface area contributed by atoms with Crippen LogP contribution in [0.1, 0.15) is 48.6 Å². The van der Waals surface area contributed by atoms with Crippen molar-refractivity contribution in [2.24, 2.45) is 0 Å². The Bertz CT molecular complexity index is 1110. The largest absolute Gasteiger partial charge is 0.494 e. The van der Waals surface area contributed by atoms with Crippen molar-refractivity contribution < 1.29 is 19.1 Å². The molecule has 0 spiro atoms. The van der Waals surface area contributed by atoms with Gasteiger partial charge >= 0.3 is 6.09 Å². The van der Waals surface area contributed by atoms with Crippen LogP contribution in [0.5, 0.6) is 5.75 Å². The first-order valence-corrected chi connectivity index (χ1v) is 11.2. The summed E-state index contributed by atoms with van der Waals surface area (Å²) in [6, 6.07) is 26.0. The fourth-order valence-electron chi connectivity index (χ4n) is 3.86. The maximum atomic E-state index is 13.2. The fourth-order valence-corrected chi connectivity index (χ4v) is 3.86. The average molecular weight is 442 g/mol. The molecular formula is C28H27NO4. The van der Waals surface area contributed by atoms with Crippen LogP contribution in [0, 0.1) is 0 Å². The van der Waals surface area contributed by atoms with E-state index in [1.54, 1.807) is 6.08 Å². The van der Waals surface area contributed by atoms with Crippen LogP contribution in [0.25, 0.3) is 6.08 Å². The van der Waals surface area contributed by atoms with Gasteiger partial charge in [0.1, 0.15) is 11.8 Å². The monoisotopic (exact) mass is 441 g/mol. The van der Waals surface area contributed by atoms with E-state index in [1.807, 2.05) is 84.9 Å². The number of benzene rings is 3. The summed E-state index contributed by atoms with van der Waals surface area (Å²) in [5.74, 6) is 0.328. The third kappa shape index (κ3) is 5.32. The summed E-state index contributed by atoms with van der Waals surface area (Å²) in [6.07, 6.45) is 3.93. The zero-order valence-corrected chi connectivity index (χ0v) is 18.6. The number of ether oxygens (including phenoxy) is 2. The Kier molecular flexibility index (Phi) is 7.20. The third-order valence-electron chi connectivity index (χ3n) is 5.54. The van der Waals surface area contributed by atoms with Crippen LogP contribution in [0.4, 0.5) is 4.79 Å². The van der Waals surface area contributed by atoms with Crippen molar-refractivity contribution in [3.63, 3.8) is 0 Å². The molecule has 0 N–H and O–H groups in total. The van der Waals surface area contributed by atoms with E-state index in [0.29, 0.717) is 6.61 Å². The van der Waals surface area contributed by atoms with E-state index in [4.69, 9.17) is 9.47 Å². The van der Waals surface area contributed by atoms with Crippen LogP contribution in [0.3, 0.4) is 0 Å². The zero-order chi connectivity index (χ0) is 23.0. The van der Waals surface area contributed by atoms with Gasteiger partial charge in [-0.3, -0.25) is 4.79 Å². The van der Waals surface area contributed by atoms with Crippen LogP contribution in [0.2, 0.25) is 0 Å². The second-order valence-corrected chi connectivity index (χ2v) is 7.89. The fraction of sp³-hybridized carbons (Fsp3) is 0.214. The summed E-state index contributed by atoms with van der Waals surface area (Å²) in [6.45, 7) is 2.77. The van der Waals surface area contributed by atoms with E-state index in [1.165, 1.54) is 11.0 Å². The predicted octanol–water partition coefficient (Wildman–Crippen LogP) is 6.34. The van der Waals surface area contributed by atoms with Crippen LogP contribution in [-0.4, -0.2) is 23.5 Å². The Balaban J connectivity index is 1.58. The van der Waals surface area contributed by atoms with E-state index < -0.39 is 24.1 Å². The molecule has 5 heteroatoms. The first-order valence-electron chi connectivity index (χ1n) is 11.2. The number of hydrogen-bond donors (Lipinski definition) is 0. The summed E-state index contributed by atoms with van der Waals surface area (Å²) in [5.41, 5.74) is 2.50. The second kappa shape index (κ2) is 10.6. The lowest BCUT2D eigenvalue weighted by atomic mass is 9.95. The van der Waals surface area contributed by atoms with Crippen LogP contribution >= 0.6 is 0 Å². The molecule has 33 heavy (non-hydrogen) atoms. The number of cyclic esters (lactones) is 1. The van der Waals surface area contributed by atoms with E-state index >= 15 is 0 Å². The zero-order valence-electron chi connectivity index (χ0n) is 18.6. The number of unbranched alkanes of at least 4 members (excludes halogenated alkanes) is 1. The van der Waals surface area contributed by atoms with Gasteiger partial charge in [0.05, 0.1) is 6.61 Å². The van der Waals surface area contributed by atoms with Crippen molar-refractivity contribution in [1.29, 1.82) is 0 Å². The van der Waals surface area contributed by atoms with Gasteiger partial charge in [-0.25, -0.2) is 9.69 Å². The highest BCUT2D eigenvalue weighted by Crippen LogP contribution is 2.43. The molecule has 2 amide bonds. The van der Waals surface area contributed by atoms with Gasteiger partial charge in [0.2, 0.25) is 0 Å². The summed E-state index contributed by atoms with van der Waals surface area (Å²) in [4.78, 5) is 27.2. The topological polar surface area (TPSA) is 55.8 Å². The molecule has 3 aromatic rings. The summed E-state index contributed by atoms with van der Waals surface area (Å²) < 4.78 is 11.4. The highest BCUT2D eigenvalue weighted by Gasteiger charge is 2.46. The summed E-state index contributed by atoms with van der Waals surface area (Å²) in [7, 11) is 0. The number of carbonyl (C=O) groups is 2. The van der Waals surface area contributed by atoms with Crippen LogP contribution < -0.4 is 4.74 Å². The molecule has 4 rings (SSSR count). The van der Waals surface area contributed by atoms with Gasteiger partial charge in [0, 0.05) is 6.08 Å². The van der Waals surface area contributed by atoms with E-state index in [0.717, 1.165) is 35.3 Å². The maximum absolute atomic E-state index is 13.2. The van der Waals surface area contributed by atoms with Gasteiger partial charge < -0.3 is 9.47 Å². The molecule has 1 fully saturated rings. The molecule has 5 nitrogen and oxygen atoms in total. The van der Waals surface area contributed by atoms with Gasteiger partial charge in [-0.05, 0) is 41.3 Å². The Morgan fingerprint density at radius 1 is 0.970 bits per heavy atom. The normalized spacial score (nSPS) is 17.8. The first kappa shape index (κ1) is 22.3. The lowest BCUT2D eigenvalue weighted by Crippen LogP contribution is -2.33. The Morgan fingerprint density at radius 2 is 1.67 bits per heavy atom. The molecule has 0 unspecified atom stereocenters. The van der Waals surface area contributed by atoms with Crippen molar-refractivity contribution in [3.05, 3.63) is 108 Å². The number of amides is 2. The van der Waals surface area contributed by atoms with Gasteiger partial charge in [0.25, 0.3) is 5.91 Å². The van der Waals surface area contributed by atoms with Crippen molar-refractivity contribution in [2.75, 3.05) is 6.61 Å². The molecule has 0 radical (unpaired) electrons. The lowest BCUT2D eigenvalue weighted by Gasteiger charge is -2.23. The predicted molar refractivity (Wildman–Crippen MR) is 128 cm³/mol. The number of hydrogen-bond acceptors (Lipinski definition) is 4. The molecule has 0 aromatic heterocycles. The Hall–Kier alpha value is -3.86. The van der Waals surface area contributed by atoms with Crippen LogP contribution in [0.15, 0.2) is 91.0 Å². The average Bonchev–Trinajstić information content (AvgIpc) is 3.21. The Labute approximate surface area is 194 Å². The first-order chi connectivity index (χ1) is 16.2. The molecule has 2 atom stereocenters. The highest BCUT2D eigenvalue weighted by molar-refractivity contribution is 6.02. The number of nitrogens with zero attached hydrogens (tertiary/aromatic N) is 1. The summed E-state index contributed by atoms with van der Waals surface area (Å²) >= 11 is 0. The van der Waals surface area contributed by atoms with Crippen molar-refractivity contribution in [3.8, 4) is 5.75 Å². The molecule has 0 bridgehead atoms. The third-order valence-corrected chi connectivity index (χ3v) is 5.54. The molecule has 168 valence electrons. The van der Waals surface area contributed by atoms with E-state index in [2.05, 4.69) is 6.92 Å². The van der Waals surface area contributed by atoms with Crippen molar-refractivity contribution >= 4 is 18.1 Å². The number of rotatable bonds is 8. The number of imide groups is 1. The van der Waals surface area contributed by atoms with Gasteiger partial charge in [0.15, 0.2) is 6.10 Å². The highest BCUT2D eigenvalue weighted by atomic mass is 16.6. The van der Waals surface area contributed by atoms with Gasteiger partial charge in [-0.2, -0.15) is 0 Å². The minimum atomic E-state index is -0.649. The van der Waals surface area contributed by atoms with Crippen molar-refractivity contribution in [1.82, 2.24) is 4.90 Å². The second-order valence-electron chi connectivity index (χ2n) is 7.89. The molecule has 1 heterocycles. The maximum Gasteiger partial charge on any atom is 0.418 e. The van der Waals surface area contributed by atoms with Crippen LogP contribution in [-0.2, 0) is 9.53 Å². The number of carbonyl (C=O) groups excluding carboxylic acids is 2. The molecule has 0 aliphatic carbocycles. The van der Waals surface area contributed by atoms with E-state index in [-0.39, 0.29) is 0 Å². The molecule has 1 aliphatic heterocycles. The SMILES string of the molecule is CCCCOc1cccc(/C=C/C(=O)N2C(=O)O[C@@H](c3ccccc3)[C@H]2c2ccccc2)c1. The molecule has 1 aliphatic rings. The smallest absolute Gasteiger partial charge is 0.418 e. The Morgan fingerprint density at radius 3 is 2.36 bits per heavy atom. The molecule has 0 saturated carbocycles. The van der Waals surface area contributed by atoms with Gasteiger partial charge in [-0.1, -0.05) is 86.1 Å². The van der Waals surface area contributed by atoms with Gasteiger partial charge in [-0.15, -0.1) is 0 Å². The van der Waals surface area contributed by atoms with Crippen molar-refractivity contribution in [2.45, 2.75) is 31.9 Å². The summed E-state index contributed by atoms with van der Waals surface area (Å²) in [5, 5.41) is 0. The lowest BCUT2D eigenvalue weighted by molar-refractivity contribution is -0.124. The molecular weight excluding hydrogens is 414 g/mol. The molecule has 3 aromatic carbocycles. The van der Waals surface area contributed by atoms with E-state index in [9.17, 15) is 9.59 Å². The standard InChI is InChI=1S/C28H27NO4/c1-2-3-19-32-24-16-10-11-21(20-24)17-18-25(30)29-26(22-12-6-4-7-13-22)27(33-28(29)31)23-14-8-5-9-15-23/h4-18,20,26-27H,2-3,19H2,1H3/b18-17+/t26-,27+/m1/s1. The molecule has 1 saturated heterocycles. The minimum absolute atomic E-state index is 0.426. The quantitative estimate of drug-likeness (QED) is 0.302. The minimum Gasteiger partial charge on any atom is -0.494 e.